The van der Waals surface area contributed by atoms with Crippen LogP contribution in [0.2, 0.25) is 0 Å². The van der Waals surface area contributed by atoms with Crippen molar-refractivity contribution in [3.8, 4) is 0 Å². The monoisotopic (exact) mass is 227 g/mol. The molecule has 0 atom stereocenters. The number of aliphatic carboxylic acids is 1. The summed E-state index contributed by atoms with van der Waals surface area (Å²) in [6.45, 7) is 3.65. The third-order valence-electron chi connectivity index (χ3n) is 2.66. The van der Waals surface area contributed by atoms with Gasteiger partial charge in [0.1, 0.15) is 6.61 Å². The van der Waals surface area contributed by atoms with Gasteiger partial charge in [0.2, 0.25) is 0 Å². The number of carbonyl (C=O) groups is 2. The lowest BCUT2D eigenvalue weighted by Gasteiger charge is -2.35. The Morgan fingerprint density at radius 1 is 1.50 bits per heavy atom. The molecule has 0 aromatic heterocycles. The summed E-state index contributed by atoms with van der Waals surface area (Å²) in [6.07, 6.45) is 3.66. The van der Waals surface area contributed by atoms with Crippen LogP contribution in [-0.4, -0.2) is 29.8 Å². The Morgan fingerprint density at radius 3 is 2.75 bits per heavy atom. The first kappa shape index (κ1) is 12.5. The van der Waals surface area contributed by atoms with E-state index in [1.807, 2.05) is 0 Å². The van der Waals surface area contributed by atoms with Crippen LogP contribution >= 0.6 is 0 Å². The van der Waals surface area contributed by atoms with Crippen LogP contribution in [0.4, 0.5) is 4.79 Å². The average molecular weight is 227 g/mol. The molecule has 0 unspecified atom stereocenters. The molecule has 1 rings (SSSR count). The maximum absolute atomic E-state index is 11.1. The van der Waals surface area contributed by atoms with Gasteiger partial charge in [-0.05, 0) is 25.2 Å². The first-order valence-corrected chi connectivity index (χ1v) is 5.37. The zero-order chi connectivity index (χ0) is 12.0. The highest BCUT2D eigenvalue weighted by Crippen LogP contribution is 2.31. The Labute approximate surface area is 94.5 Å². The van der Waals surface area contributed by atoms with Crippen LogP contribution in [0.25, 0.3) is 0 Å². The summed E-state index contributed by atoms with van der Waals surface area (Å²) < 4.78 is 4.77. The highest BCUT2D eigenvalue weighted by molar-refractivity contribution is 5.68. The summed E-state index contributed by atoms with van der Waals surface area (Å²) in [6, 6.07) is 0.135. The van der Waals surface area contributed by atoms with Crippen molar-refractivity contribution in [3.63, 3.8) is 0 Å². The predicted octanol–water partition coefficient (Wildman–Crippen LogP) is 1.54. The van der Waals surface area contributed by atoms with E-state index in [9.17, 15) is 9.59 Å². The lowest BCUT2D eigenvalue weighted by molar-refractivity contribution is -0.137. The molecule has 2 N–H and O–H groups in total. The van der Waals surface area contributed by atoms with Gasteiger partial charge in [0.25, 0.3) is 0 Å². The molecular formula is C11H17NO4. The normalized spacial score (nSPS) is 23.0. The number of alkyl carbamates (subject to hydrolysis) is 1. The molecule has 0 bridgehead atoms. The number of hydrogen-bond acceptors (Lipinski definition) is 3. The van der Waals surface area contributed by atoms with Gasteiger partial charge in [-0.3, -0.25) is 4.79 Å². The summed E-state index contributed by atoms with van der Waals surface area (Å²) >= 11 is 0. The largest absolute Gasteiger partial charge is 0.481 e. The highest BCUT2D eigenvalue weighted by Gasteiger charge is 2.30. The number of ether oxygens (including phenoxy) is 1. The van der Waals surface area contributed by atoms with E-state index in [0.717, 1.165) is 12.8 Å². The van der Waals surface area contributed by atoms with Crippen LogP contribution in [0.3, 0.4) is 0 Å². The fourth-order valence-electron chi connectivity index (χ4n) is 1.76. The Hall–Kier alpha value is -1.52. The van der Waals surface area contributed by atoms with E-state index in [1.165, 1.54) is 6.08 Å². The molecule has 0 saturated heterocycles. The maximum atomic E-state index is 11.1. The number of rotatable bonds is 6. The SMILES string of the molecule is C=CCOC(=O)NC1CC(CCC(=O)O)C1. The van der Waals surface area contributed by atoms with Crippen molar-refractivity contribution in [2.45, 2.75) is 31.7 Å². The number of hydrogen-bond donors (Lipinski definition) is 2. The molecule has 0 radical (unpaired) electrons. The van der Waals surface area contributed by atoms with Gasteiger partial charge in [-0.2, -0.15) is 0 Å². The quantitative estimate of drug-likeness (QED) is 0.675. The molecule has 0 aromatic rings. The summed E-state index contributed by atoms with van der Waals surface area (Å²) in [4.78, 5) is 21.4. The van der Waals surface area contributed by atoms with Gasteiger partial charge in [0, 0.05) is 12.5 Å². The second kappa shape index (κ2) is 6.15. The van der Waals surface area contributed by atoms with Crippen LogP contribution in [0, 0.1) is 5.92 Å². The van der Waals surface area contributed by atoms with Crippen molar-refractivity contribution in [3.05, 3.63) is 12.7 Å². The molecule has 5 nitrogen and oxygen atoms in total. The number of carboxylic acid groups (broad SMARTS) is 1. The molecule has 1 aliphatic carbocycles. The van der Waals surface area contributed by atoms with Crippen molar-refractivity contribution in [2.24, 2.45) is 5.92 Å². The Bertz CT molecular complexity index is 271. The fraction of sp³-hybridized carbons (Fsp3) is 0.636. The summed E-state index contributed by atoms with van der Waals surface area (Å²) in [5.74, 6) is -0.345. The van der Waals surface area contributed by atoms with Gasteiger partial charge in [0.15, 0.2) is 0 Å². The second-order valence-electron chi connectivity index (χ2n) is 4.00. The predicted molar refractivity (Wildman–Crippen MR) is 58.1 cm³/mol. The van der Waals surface area contributed by atoms with Crippen LogP contribution in [0.15, 0.2) is 12.7 Å². The van der Waals surface area contributed by atoms with E-state index in [4.69, 9.17) is 9.84 Å². The Balaban J connectivity index is 2.05. The average Bonchev–Trinajstić information content (AvgIpc) is 2.17. The van der Waals surface area contributed by atoms with Gasteiger partial charge in [-0.25, -0.2) is 4.79 Å². The summed E-state index contributed by atoms with van der Waals surface area (Å²) in [5, 5.41) is 11.2. The third-order valence-corrected chi connectivity index (χ3v) is 2.66. The van der Waals surface area contributed by atoms with E-state index in [-0.39, 0.29) is 19.1 Å². The standard InChI is InChI=1S/C11H17NO4/c1-2-5-16-11(15)12-9-6-8(7-9)3-4-10(13)14/h2,8-9H,1,3-7H2,(H,12,15)(H,13,14). The van der Waals surface area contributed by atoms with Crippen LogP contribution in [-0.2, 0) is 9.53 Å². The van der Waals surface area contributed by atoms with Gasteiger partial charge < -0.3 is 15.2 Å². The lowest BCUT2D eigenvalue weighted by atomic mass is 9.77. The third kappa shape index (κ3) is 4.33. The smallest absolute Gasteiger partial charge is 0.407 e. The van der Waals surface area contributed by atoms with Crippen LogP contribution < -0.4 is 5.32 Å². The zero-order valence-corrected chi connectivity index (χ0v) is 9.15. The van der Waals surface area contributed by atoms with Crippen LogP contribution in [0.5, 0.6) is 0 Å². The van der Waals surface area contributed by atoms with Gasteiger partial charge in [-0.1, -0.05) is 12.7 Å². The molecule has 5 heteroatoms. The molecular weight excluding hydrogens is 210 g/mol. The van der Waals surface area contributed by atoms with Gasteiger partial charge >= 0.3 is 12.1 Å². The summed E-state index contributed by atoms with van der Waals surface area (Å²) in [7, 11) is 0. The Morgan fingerprint density at radius 2 is 2.19 bits per heavy atom. The first-order chi connectivity index (χ1) is 7.61. The first-order valence-electron chi connectivity index (χ1n) is 5.37. The molecule has 90 valence electrons. The van der Waals surface area contributed by atoms with E-state index >= 15 is 0 Å². The van der Waals surface area contributed by atoms with E-state index in [1.54, 1.807) is 0 Å². The number of carbonyl (C=O) groups excluding carboxylic acids is 1. The summed E-state index contributed by atoms with van der Waals surface area (Å²) in [5.41, 5.74) is 0. The van der Waals surface area contributed by atoms with Gasteiger partial charge in [0.05, 0.1) is 0 Å². The van der Waals surface area contributed by atoms with Gasteiger partial charge in [-0.15, -0.1) is 0 Å². The Kier molecular flexibility index (Phi) is 4.82. The number of nitrogens with one attached hydrogen (secondary N) is 1. The molecule has 0 aliphatic heterocycles. The minimum absolute atomic E-state index is 0.135. The zero-order valence-electron chi connectivity index (χ0n) is 9.15. The van der Waals surface area contributed by atoms with Crippen molar-refractivity contribution in [2.75, 3.05) is 6.61 Å². The maximum Gasteiger partial charge on any atom is 0.407 e. The molecule has 1 aliphatic rings. The lowest BCUT2D eigenvalue weighted by Crippen LogP contribution is -2.44. The van der Waals surface area contributed by atoms with Crippen LogP contribution in [0.1, 0.15) is 25.7 Å². The minimum Gasteiger partial charge on any atom is -0.481 e. The fourth-order valence-corrected chi connectivity index (χ4v) is 1.76. The molecule has 1 fully saturated rings. The van der Waals surface area contributed by atoms with E-state index in [0.29, 0.717) is 12.3 Å². The van der Waals surface area contributed by atoms with E-state index < -0.39 is 12.1 Å². The molecule has 1 saturated carbocycles. The van der Waals surface area contributed by atoms with Crippen molar-refractivity contribution >= 4 is 12.1 Å². The highest BCUT2D eigenvalue weighted by atomic mass is 16.5. The molecule has 0 spiro atoms. The van der Waals surface area contributed by atoms with E-state index in [2.05, 4.69) is 11.9 Å². The number of carboxylic acids is 1. The van der Waals surface area contributed by atoms with Crippen molar-refractivity contribution in [1.29, 1.82) is 0 Å². The minimum atomic E-state index is -0.762. The number of amides is 1. The van der Waals surface area contributed by atoms with Crippen molar-refractivity contribution in [1.82, 2.24) is 5.32 Å². The molecule has 0 aromatic carbocycles. The molecule has 0 heterocycles. The molecule has 1 amide bonds. The topological polar surface area (TPSA) is 75.6 Å². The van der Waals surface area contributed by atoms with Crippen molar-refractivity contribution < 1.29 is 19.4 Å². The second-order valence-corrected chi connectivity index (χ2v) is 4.00. The molecule has 16 heavy (non-hydrogen) atoms.